The van der Waals surface area contributed by atoms with Crippen molar-refractivity contribution in [2.24, 2.45) is 18.7 Å². The molecule has 0 aromatic carbocycles. The quantitative estimate of drug-likeness (QED) is 0.562. The first-order chi connectivity index (χ1) is 14.6. The van der Waals surface area contributed by atoms with Gasteiger partial charge in [-0.3, -0.25) is 9.36 Å². The summed E-state index contributed by atoms with van der Waals surface area (Å²) >= 11 is 0. The number of aromatic nitrogens is 7. The average molecular weight is 401 g/mol. The molecule has 1 atom stereocenters. The van der Waals surface area contributed by atoms with Gasteiger partial charge in [0.05, 0.1) is 35.9 Å². The molecule has 5 rings (SSSR count). The van der Waals surface area contributed by atoms with Gasteiger partial charge < -0.3 is 5.73 Å². The van der Waals surface area contributed by atoms with Gasteiger partial charge in [0.25, 0.3) is 0 Å². The van der Waals surface area contributed by atoms with E-state index in [1.807, 2.05) is 37.8 Å². The van der Waals surface area contributed by atoms with Crippen molar-refractivity contribution in [1.29, 1.82) is 5.26 Å². The van der Waals surface area contributed by atoms with Gasteiger partial charge in [0.1, 0.15) is 17.4 Å². The molecule has 152 valence electrons. The van der Waals surface area contributed by atoms with Crippen molar-refractivity contribution in [3.8, 4) is 28.7 Å². The minimum Gasteiger partial charge on any atom is -0.328 e. The van der Waals surface area contributed by atoms with Crippen LogP contribution in [-0.4, -0.2) is 40.2 Å². The Balaban J connectivity index is 1.53. The monoisotopic (exact) mass is 401 g/mol. The van der Waals surface area contributed by atoms with Crippen LogP contribution >= 0.6 is 0 Å². The molecule has 0 bridgehead atoms. The summed E-state index contributed by atoms with van der Waals surface area (Å²) in [4.78, 5) is 4.86. The minimum absolute atomic E-state index is 0.252. The minimum atomic E-state index is -0.300. The summed E-state index contributed by atoms with van der Waals surface area (Å²) in [5.74, 6) is 0.269. The molecule has 0 spiro atoms. The molecule has 0 saturated heterocycles. The number of hydrogen-bond acceptors (Lipinski definition) is 6. The van der Waals surface area contributed by atoms with E-state index in [0.717, 1.165) is 53.8 Å². The summed E-state index contributed by atoms with van der Waals surface area (Å²) in [5.41, 5.74) is 10.0. The maximum Gasteiger partial charge on any atom is 0.141 e. The molecule has 9 nitrogen and oxygen atoms in total. The van der Waals surface area contributed by atoms with E-state index in [1.165, 1.54) is 0 Å². The molecule has 2 N–H and O–H groups in total. The highest BCUT2D eigenvalue weighted by molar-refractivity contribution is 5.77. The van der Waals surface area contributed by atoms with E-state index in [-0.39, 0.29) is 18.0 Å². The second kappa shape index (κ2) is 7.39. The van der Waals surface area contributed by atoms with Gasteiger partial charge in [0.15, 0.2) is 0 Å². The van der Waals surface area contributed by atoms with Crippen molar-refractivity contribution >= 4 is 5.52 Å². The molecule has 4 aromatic heterocycles. The van der Waals surface area contributed by atoms with Crippen molar-refractivity contribution in [2.75, 3.05) is 0 Å². The Labute approximate surface area is 173 Å². The molecule has 9 heteroatoms. The highest BCUT2D eigenvalue weighted by Crippen LogP contribution is 2.33. The van der Waals surface area contributed by atoms with E-state index in [9.17, 15) is 5.26 Å². The maximum absolute atomic E-state index is 9.83. The van der Waals surface area contributed by atoms with Gasteiger partial charge >= 0.3 is 0 Å². The first-order valence-electron chi connectivity index (χ1n) is 10.2. The lowest BCUT2D eigenvalue weighted by molar-refractivity contribution is 0.259. The van der Waals surface area contributed by atoms with Crippen LogP contribution in [0.15, 0.2) is 43.1 Å². The summed E-state index contributed by atoms with van der Waals surface area (Å²) < 4.78 is 5.32. The summed E-state index contributed by atoms with van der Waals surface area (Å²) in [6.45, 7) is 0. The Morgan fingerprint density at radius 1 is 1.13 bits per heavy atom. The third-order valence-electron chi connectivity index (χ3n) is 5.92. The van der Waals surface area contributed by atoms with Crippen LogP contribution in [0.2, 0.25) is 0 Å². The average Bonchev–Trinajstić information content (AvgIpc) is 3.50. The smallest absolute Gasteiger partial charge is 0.141 e. The molecule has 1 aliphatic rings. The van der Waals surface area contributed by atoms with Gasteiger partial charge in [-0.15, -0.1) is 0 Å². The Morgan fingerprint density at radius 2 is 1.97 bits per heavy atom. The fourth-order valence-electron chi connectivity index (χ4n) is 4.27. The summed E-state index contributed by atoms with van der Waals surface area (Å²) in [7, 11) is 1.88. The maximum atomic E-state index is 9.83. The predicted molar refractivity (Wildman–Crippen MR) is 111 cm³/mol. The standard InChI is InChI=1S/C21H23N9/c1-28-9-7-17(27-28)18-13-30-19(6-8-24-30)21(26-18)15-11-25-29(12-15)20(10-22)14-2-4-16(23)5-3-14/h6-9,11-14,16,20H,2-5,23H2,1H3. The first-order valence-corrected chi connectivity index (χ1v) is 10.2. The van der Waals surface area contributed by atoms with Crippen molar-refractivity contribution in [3.05, 3.63) is 43.1 Å². The molecule has 1 unspecified atom stereocenters. The van der Waals surface area contributed by atoms with E-state index in [2.05, 4.69) is 21.4 Å². The van der Waals surface area contributed by atoms with E-state index in [0.29, 0.717) is 0 Å². The van der Waals surface area contributed by atoms with Gasteiger partial charge in [0.2, 0.25) is 0 Å². The third kappa shape index (κ3) is 3.25. The van der Waals surface area contributed by atoms with E-state index in [1.54, 1.807) is 26.3 Å². The summed E-state index contributed by atoms with van der Waals surface area (Å²) in [6, 6.07) is 6.24. The highest BCUT2D eigenvalue weighted by atomic mass is 15.3. The largest absolute Gasteiger partial charge is 0.328 e. The number of nitrogens with two attached hydrogens (primary N) is 1. The zero-order valence-electron chi connectivity index (χ0n) is 16.8. The Hall–Kier alpha value is -3.51. The van der Waals surface area contributed by atoms with Crippen LogP contribution in [0.3, 0.4) is 0 Å². The van der Waals surface area contributed by atoms with Gasteiger partial charge in [-0.1, -0.05) is 0 Å². The number of rotatable bonds is 4. The molecular weight excluding hydrogens is 378 g/mol. The van der Waals surface area contributed by atoms with Crippen LogP contribution < -0.4 is 5.73 Å². The number of nitrogens with zero attached hydrogens (tertiary/aromatic N) is 8. The molecule has 0 amide bonds. The van der Waals surface area contributed by atoms with E-state index < -0.39 is 0 Å². The third-order valence-corrected chi connectivity index (χ3v) is 5.92. The van der Waals surface area contributed by atoms with E-state index >= 15 is 0 Å². The van der Waals surface area contributed by atoms with Gasteiger partial charge in [0, 0.05) is 31.0 Å². The van der Waals surface area contributed by atoms with Crippen LogP contribution in [0.1, 0.15) is 31.7 Å². The lowest BCUT2D eigenvalue weighted by atomic mass is 9.82. The lowest BCUT2D eigenvalue weighted by Crippen LogP contribution is -2.30. The van der Waals surface area contributed by atoms with Crippen LogP contribution in [0, 0.1) is 17.2 Å². The Morgan fingerprint density at radius 3 is 2.70 bits per heavy atom. The van der Waals surface area contributed by atoms with Crippen molar-refractivity contribution in [3.63, 3.8) is 0 Å². The molecule has 4 heterocycles. The second-order valence-corrected chi connectivity index (χ2v) is 7.97. The fraction of sp³-hybridized carbons (Fsp3) is 0.381. The zero-order chi connectivity index (χ0) is 20.7. The highest BCUT2D eigenvalue weighted by Gasteiger charge is 2.28. The number of nitriles is 1. The first kappa shape index (κ1) is 18.5. The molecule has 1 fully saturated rings. The van der Waals surface area contributed by atoms with Gasteiger partial charge in [-0.05, 0) is 43.7 Å². The van der Waals surface area contributed by atoms with E-state index in [4.69, 9.17) is 10.7 Å². The molecular formula is C21H23N9. The number of fused-ring (bicyclic) bond motifs is 1. The fourth-order valence-corrected chi connectivity index (χ4v) is 4.27. The molecule has 0 radical (unpaired) electrons. The van der Waals surface area contributed by atoms with Crippen LogP contribution in [-0.2, 0) is 7.05 Å². The lowest BCUT2D eigenvalue weighted by Gasteiger charge is -2.29. The molecule has 0 aliphatic heterocycles. The molecule has 1 saturated carbocycles. The topological polar surface area (TPSA) is 116 Å². The summed E-state index contributed by atoms with van der Waals surface area (Å²) in [5, 5.41) is 23.2. The Kier molecular flexibility index (Phi) is 4.56. The predicted octanol–water partition coefficient (Wildman–Crippen LogP) is 2.58. The number of hydrogen-bond donors (Lipinski definition) is 1. The van der Waals surface area contributed by atoms with Crippen LogP contribution in [0.4, 0.5) is 0 Å². The van der Waals surface area contributed by atoms with Crippen molar-refractivity contribution in [2.45, 2.75) is 37.8 Å². The molecule has 1 aliphatic carbocycles. The zero-order valence-corrected chi connectivity index (χ0v) is 16.8. The second-order valence-electron chi connectivity index (χ2n) is 7.97. The van der Waals surface area contributed by atoms with Gasteiger partial charge in [-0.2, -0.15) is 20.6 Å². The normalized spacial score (nSPS) is 20.3. The SMILES string of the molecule is Cn1ccc(-c2cn3nccc3c(-c3cnn(C(C#N)C4CCC(N)CC4)c3)n2)n1. The molecule has 30 heavy (non-hydrogen) atoms. The molecule has 4 aromatic rings. The Bertz CT molecular complexity index is 1220. The van der Waals surface area contributed by atoms with Gasteiger partial charge in [-0.25, -0.2) is 9.50 Å². The number of aryl methyl sites for hydroxylation is 1. The van der Waals surface area contributed by atoms with Crippen LogP contribution in [0.25, 0.3) is 28.2 Å². The van der Waals surface area contributed by atoms with Crippen LogP contribution in [0.5, 0.6) is 0 Å². The van der Waals surface area contributed by atoms with Crippen molar-refractivity contribution in [1.82, 2.24) is 34.2 Å². The summed E-state index contributed by atoms with van der Waals surface area (Å²) in [6.07, 6.45) is 13.0. The van der Waals surface area contributed by atoms with Crippen molar-refractivity contribution < 1.29 is 0 Å².